The fourth-order valence-corrected chi connectivity index (χ4v) is 2.44. The summed E-state index contributed by atoms with van der Waals surface area (Å²) in [5.74, 6) is -0.0754. The molecule has 0 radical (unpaired) electrons. The van der Waals surface area contributed by atoms with Crippen LogP contribution in [0.1, 0.15) is 43.5 Å². The summed E-state index contributed by atoms with van der Waals surface area (Å²) in [4.78, 5) is 12.4. The van der Waals surface area contributed by atoms with Crippen LogP contribution in [0.5, 0.6) is 0 Å². The molecule has 0 saturated heterocycles. The number of benzene rings is 2. The molecule has 0 aromatic heterocycles. The van der Waals surface area contributed by atoms with Crippen molar-refractivity contribution in [3.05, 3.63) is 42.0 Å². The molecule has 0 fully saturated rings. The highest BCUT2D eigenvalue weighted by Crippen LogP contribution is 2.22. The van der Waals surface area contributed by atoms with Gasteiger partial charge in [-0.1, -0.05) is 44.5 Å². The predicted octanol–water partition coefficient (Wildman–Crippen LogP) is 3.73. The maximum atomic E-state index is 12.4. The zero-order valence-corrected chi connectivity index (χ0v) is 12.1. The number of carbonyl (C=O) groups excluding carboxylic acids is 1. The monoisotopic (exact) mass is 270 g/mol. The molecule has 2 aromatic carbocycles. The third kappa shape index (κ3) is 3.10. The van der Waals surface area contributed by atoms with Gasteiger partial charge in [0.25, 0.3) is 5.91 Å². The molecule has 3 nitrogen and oxygen atoms in total. The molecular formula is C17H22N2O. The Hall–Kier alpha value is -2.03. The van der Waals surface area contributed by atoms with Crippen LogP contribution >= 0.6 is 0 Å². The molecule has 0 spiro atoms. The minimum Gasteiger partial charge on any atom is -0.398 e. The van der Waals surface area contributed by atoms with Crippen molar-refractivity contribution in [3.63, 3.8) is 0 Å². The minimum absolute atomic E-state index is 0.0754. The summed E-state index contributed by atoms with van der Waals surface area (Å²) in [6, 6.07) is 11.9. The molecule has 0 bridgehead atoms. The Morgan fingerprint density at radius 3 is 2.45 bits per heavy atom. The van der Waals surface area contributed by atoms with Crippen molar-refractivity contribution in [1.82, 2.24) is 5.32 Å². The summed E-state index contributed by atoms with van der Waals surface area (Å²) >= 11 is 0. The average Bonchev–Trinajstić information content (AvgIpc) is 2.45. The first-order valence-electron chi connectivity index (χ1n) is 7.24. The van der Waals surface area contributed by atoms with Crippen LogP contribution in [-0.4, -0.2) is 11.9 Å². The number of nitrogens with one attached hydrogen (secondary N) is 1. The highest BCUT2D eigenvalue weighted by atomic mass is 16.1. The van der Waals surface area contributed by atoms with E-state index in [9.17, 15) is 4.79 Å². The van der Waals surface area contributed by atoms with Gasteiger partial charge in [-0.2, -0.15) is 0 Å². The van der Waals surface area contributed by atoms with Crippen molar-refractivity contribution in [3.8, 4) is 0 Å². The van der Waals surface area contributed by atoms with Crippen molar-refractivity contribution in [2.75, 3.05) is 5.73 Å². The topological polar surface area (TPSA) is 55.1 Å². The van der Waals surface area contributed by atoms with Gasteiger partial charge in [-0.05, 0) is 35.7 Å². The molecule has 0 saturated carbocycles. The maximum absolute atomic E-state index is 12.4. The quantitative estimate of drug-likeness (QED) is 0.813. The number of hydrogen-bond acceptors (Lipinski definition) is 2. The van der Waals surface area contributed by atoms with Gasteiger partial charge in [0.15, 0.2) is 0 Å². The van der Waals surface area contributed by atoms with Crippen molar-refractivity contribution in [2.24, 2.45) is 0 Å². The van der Waals surface area contributed by atoms with Crippen LogP contribution in [0.2, 0.25) is 0 Å². The molecular weight excluding hydrogens is 248 g/mol. The summed E-state index contributed by atoms with van der Waals surface area (Å²) in [6.07, 6.45) is 2.99. The molecule has 2 rings (SSSR count). The van der Waals surface area contributed by atoms with Crippen LogP contribution in [-0.2, 0) is 0 Å². The molecule has 0 aliphatic heterocycles. The van der Waals surface area contributed by atoms with Crippen molar-refractivity contribution in [2.45, 2.75) is 39.2 Å². The smallest absolute Gasteiger partial charge is 0.253 e. The highest BCUT2D eigenvalue weighted by molar-refractivity contribution is 6.04. The van der Waals surface area contributed by atoms with Gasteiger partial charge in [0.05, 0.1) is 5.56 Å². The van der Waals surface area contributed by atoms with E-state index in [4.69, 9.17) is 5.73 Å². The Morgan fingerprint density at radius 1 is 1.20 bits per heavy atom. The number of hydrogen-bond donors (Lipinski definition) is 2. The summed E-state index contributed by atoms with van der Waals surface area (Å²) < 4.78 is 0. The normalized spacial score (nSPS) is 12.3. The first kappa shape index (κ1) is 14.4. The lowest BCUT2D eigenvalue weighted by molar-refractivity contribution is 0.0935. The second-order valence-electron chi connectivity index (χ2n) is 5.15. The van der Waals surface area contributed by atoms with Gasteiger partial charge >= 0.3 is 0 Å². The van der Waals surface area contributed by atoms with Crippen LogP contribution in [0.15, 0.2) is 36.4 Å². The number of rotatable bonds is 5. The lowest BCUT2D eigenvalue weighted by Crippen LogP contribution is -2.34. The number of fused-ring (bicyclic) bond motifs is 1. The van der Waals surface area contributed by atoms with Crippen molar-refractivity contribution >= 4 is 22.4 Å². The third-order valence-corrected chi connectivity index (χ3v) is 3.63. The van der Waals surface area contributed by atoms with Gasteiger partial charge in [0.1, 0.15) is 0 Å². The Balaban J connectivity index is 2.27. The van der Waals surface area contributed by atoms with E-state index in [-0.39, 0.29) is 11.9 Å². The van der Waals surface area contributed by atoms with E-state index < -0.39 is 0 Å². The molecule has 1 atom stereocenters. The van der Waals surface area contributed by atoms with Crippen LogP contribution in [0.25, 0.3) is 10.8 Å². The standard InChI is InChI=1S/C17H22N2O/c1-3-7-14(4-2)19-17(20)15-10-12-8-5-6-9-13(12)11-16(15)18/h5-6,8-11,14H,3-4,7,18H2,1-2H3,(H,19,20). The summed E-state index contributed by atoms with van der Waals surface area (Å²) in [6.45, 7) is 4.21. The summed E-state index contributed by atoms with van der Waals surface area (Å²) in [5.41, 5.74) is 7.12. The van der Waals surface area contributed by atoms with Crippen LogP contribution in [0.3, 0.4) is 0 Å². The number of carbonyl (C=O) groups is 1. The Kier molecular flexibility index (Phi) is 4.61. The van der Waals surface area contributed by atoms with Gasteiger partial charge in [-0.15, -0.1) is 0 Å². The van der Waals surface area contributed by atoms with Gasteiger partial charge < -0.3 is 11.1 Å². The fourth-order valence-electron chi connectivity index (χ4n) is 2.44. The third-order valence-electron chi connectivity index (χ3n) is 3.63. The number of anilines is 1. The molecule has 1 amide bonds. The lowest BCUT2D eigenvalue weighted by atomic mass is 10.0. The van der Waals surface area contributed by atoms with E-state index in [1.54, 1.807) is 0 Å². The van der Waals surface area contributed by atoms with Gasteiger partial charge in [-0.25, -0.2) is 0 Å². The summed E-state index contributed by atoms with van der Waals surface area (Å²) in [7, 11) is 0. The molecule has 0 heterocycles. The largest absolute Gasteiger partial charge is 0.398 e. The first-order valence-corrected chi connectivity index (χ1v) is 7.24. The van der Waals surface area contributed by atoms with E-state index in [0.29, 0.717) is 11.3 Å². The Morgan fingerprint density at radius 2 is 1.85 bits per heavy atom. The molecule has 0 aliphatic carbocycles. The van der Waals surface area contributed by atoms with Gasteiger partial charge in [-0.3, -0.25) is 4.79 Å². The van der Waals surface area contributed by atoms with Crippen LogP contribution < -0.4 is 11.1 Å². The first-order chi connectivity index (χ1) is 9.65. The lowest BCUT2D eigenvalue weighted by Gasteiger charge is -2.17. The van der Waals surface area contributed by atoms with Crippen molar-refractivity contribution < 1.29 is 4.79 Å². The van der Waals surface area contributed by atoms with E-state index >= 15 is 0 Å². The summed E-state index contributed by atoms with van der Waals surface area (Å²) in [5, 5.41) is 5.17. The average molecular weight is 270 g/mol. The number of nitrogen functional groups attached to an aromatic ring is 1. The zero-order chi connectivity index (χ0) is 14.5. The van der Waals surface area contributed by atoms with E-state index in [0.717, 1.165) is 30.0 Å². The second kappa shape index (κ2) is 6.42. The minimum atomic E-state index is -0.0754. The molecule has 2 aromatic rings. The van der Waals surface area contributed by atoms with Gasteiger partial charge in [0.2, 0.25) is 0 Å². The molecule has 0 aliphatic rings. The van der Waals surface area contributed by atoms with E-state index in [1.807, 2.05) is 36.4 Å². The second-order valence-corrected chi connectivity index (χ2v) is 5.15. The molecule has 1 unspecified atom stereocenters. The predicted molar refractivity (Wildman–Crippen MR) is 84.8 cm³/mol. The highest BCUT2D eigenvalue weighted by Gasteiger charge is 2.14. The van der Waals surface area contributed by atoms with Crippen molar-refractivity contribution in [1.29, 1.82) is 0 Å². The number of amides is 1. The Bertz CT molecular complexity index is 607. The molecule has 20 heavy (non-hydrogen) atoms. The molecule has 3 N–H and O–H groups in total. The maximum Gasteiger partial charge on any atom is 0.253 e. The fraction of sp³-hybridized carbons (Fsp3) is 0.353. The molecule has 106 valence electrons. The zero-order valence-electron chi connectivity index (χ0n) is 12.1. The number of nitrogens with two attached hydrogens (primary N) is 1. The van der Waals surface area contributed by atoms with Crippen LogP contribution in [0.4, 0.5) is 5.69 Å². The van der Waals surface area contributed by atoms with Crippen LogP contribution in [0, 0.1) is 0 Å². The van der Waals surface area contributed by atoms with Gasteiger partial charge in [0, 0.05) is 11.7 Å². The SMILES string of the molecule is CCCC(CC)NC(=O)c1cc2ccccc2cc1N. The Labute approximate surface area is 120 Å². The van der Waals surface area contributed by atoms with E-state index in [1.165, 1.54) is 0 Å². The molecule has 3 heteroatoms. The van der Waals surface area contributed by atoms with E-state index in [2.05, 4.69) is 19.2 Å².